The zero-order valence-electron chi connectivity index (χ0n) is 9.80. The van der Waals surface area contributed by atoms with Crippen molar-refractivity contribution in [3.63, 3.8) is 0 Å². The first-order valence-corrected chi connectivity index (χ1v) is 5.37. The number of aryl methyl sites for hydroxylation is 1. The highest BCUT2D eigenvalue weighted by atomic mass is 19.3. The summed E-state index contributed by atoms with van der Waals surface area (Å²) < 4.78 is 53.8. The van der Waals surface area contributed by atoms with Crippen LogP contribution in [0.1, 0.15) is 18.2 Å². The van der Waals surface area contributed by atoms with E-state index < -0.39 is 19.0 Å². The molecule has 0 radical (unpaired) electrons. The van der Waals surface area contributed by atoms with Crippen LogP contribution in [0, 0.1) is 0 Å². The molecule has 0 spiro atoms. The Morgan fingerprint density at radius 1 is 1.39 bits per heavy atom. The molecule has 3 nitrogen and oxygen atoms in total. The first-order valence-electron chi connectivity index (χ1n) is 5.37. The number of hydrogen-bond acceptors (Lipinski definition) is 3. The quantitative estimate of drug-likeness (QED) is 0.804. The fourth-order valence-electron chi connectivity index (χ4n) is 1.23. The molecule has 0 aliphatic heterocycles. The summed E-state index contributed by atoms with van der Waals surface area (Å²) in [4.78, 5) is 3.91. The molecular formula is C11H14F4N2O. The minimum atomic E-state index is -4.19. The molecule has 1 rings (SSSR count). The molecule has 0 unspecified atom stereocenters. The lowest BCUT2D eigenvalue weighted by Gasteiger charge is -2.16. The number of nitrogens with two attached hydrogens (primary N) is 1. The maximum Gasteiger partial charge on any atom is 0.340 e. The van der Waals surface area contributed by atoms with Gasteiger partial charge in [0.05, 0.1) is 0 Å². The molecule has 0 aromatic carbocycles. The summed E-state index contributed by atoms with van der Waals surface area (Å²) in [5.74, 6) is -4.30. The van der Waals surface area contributed by atoms with Gasteiger partial charge in [0.2, 0.25) is 5.88 Å². The van der Waals surface area contributed by atoms with Gasteiger partial charge >= 0.3 is 12.3 Å². The molecule has 1 heterocycles. The van der Waals surface area contributed by atoms with Crippen LogP contribution in [0.25, 0.3) is 0 Å². The number of ether oxygens (including phenoxy) is 1. The minimum Gasteiger partial charge on any atom is -0.471 e. The van der Waals surface area contributed by atoms with E-state index in [1.807, 2.05) is 6.92 Å². The number of nitrogens with zero attached hydrogens (tertiary/aromatic N) is 1. The third-order valence-corrected chi connectivity index (χ3v) is 2.24. The first kappa shape index (κ1) is 14.7. The molecule has 18 heavy (non-hydrogen) atoms. The number of rotatable bonds is 6. The van der Waals surface area contributed by atoms with Gasteiger partial charge in [0.1, 0.15) is 0 Å². The summed E-state index contributed by atoms with van der Waals surface area (Å²) in [6, 6.07) is 3.07. The van der Waals surface area contributed by atoms with Crippen LogP contribution in [0.2, 0.25) is 0 Å². The maximum atomic E-state index is 12.7. The highest BCUT2D eigenvalue weighted by molar-refractivity contribution is 5.25. The number of halogens is 4. The van der Waals surface area contributed by atoms with Crippen LogP contribution in [-0.4, -0.2) is 23.9 Å². The van der Waals surface area contributed by atoms with Crippen LogP contribution >= 0.6 is 0 Å². The van der Waals surface area contributed by atoms with Crippen molar-refractivity contribution < 1.29 is 22.3 Å². The molecular weight excluding hydrogens is 252 g/mol. The van der Waals surface area contributed by atoms with Crippen molar-refractivity contribution in [1.82, 2.24) is 4.98 Å². The molecule has 0 aliphatic carbocycles. The number of hydrogen-bond donors (Lipinski definition) is 1. The van der Waals surface area contributed by atoms with Crippen molar-refractivity contribution in [3.05, 3.63) is 23.4 Å². The lowest BCUT2D eigenvalue weighted by atomic mass is 10.2. The summed E-state index contributed by atoms with van der Waals surface area (Å²) in [7, 11) is 0. The van der Waals surface area contributed by atoms with E-state index in [9.17, 15) is 17.6 Å². The van der Waals surface area contributed by atoms with Gasteiger partial charge in [-0.2, -0.15) is 8.78 Å². The molecule has 1 aromatic rings. The standard InChI is InChI=1S/C11H14F4N2O/c1-2-8-3-7(5-16)4-9(17-8)18-6-11(14,15)10(12)13/h3-4,10H,2,5-6,16H2,1H3. The Labute approximate surface area is 102 Å². The van der Waals surface area contributed by atoms with Crippen LogP contribution < -0.4 is 10.5 Å². The van der Waals surface area contributed by atoms with Crippen molar-refractivity contribution in [2.24, 2.45) is 5.73 Å². The molecule has 102 valence electrons. The molecule has 0 atom stereocenters. The Hall–Kier alpha value is -1.37. The molecule has 0 bridgehead atoms. The molecule has 7 heteroatoms. The number of alkyl halides is 4. The normalized spacial score (nSPS) is 11.9. The molecule has 0 aliphatic rings. The smallest absolute Gasteiger partial charge is 0.340 e. The fourth-order valence-corrected chi connectivity index (χ4v) is 1.23. The van der Waals surface area contributed by atoms with E-state index >= 15 is 0 Å². The summed E-state index contributed by atoms with van der Waals surface area (Å²) in [6.45, 7) is 0.603. The topological polar surface area (TPSA) is 48.1 Å². The third kappa shape index (κ3) is 3.83. The lowest BCUT2D eigenvalue weighted by Crippen LogP contribution is -2.34. The minimum absolute atomic E-state index is 0.116. The summed E-state index contributed by atoms with van der Waals surface area (Å²) >= 11 is 0. The Kier molecular flexibility index (Phi) is 4.89. The monoisotopic (exact) mass is 266 g/mol. The van der Waals surface area contributed by atoms with E-state index in [0.29, 0.717) is 17.7 Å². The van der Waals surface area contributed by atoms with E-state index in [2.05, 4.69) is 9.72 Å². The highest BCUT2D eigenvalue weighted by Crippen LogP contribution is 2.24. The summed E-state index contributed by atoms with van der Waals surface area (Å²) in [6.07, 6.45) is -3.20. The van der Waals surface area contributed by atoms with Crippen molar-refractivity contribution in [2.75, 3.05) is 6.61 Å². The van der Waals surface area contributed by atoms with Gasteiger partial charge in [0, 0.05) is 18.3 Å². The van der Waals surface area contributed by atoms with Crippen LogP contribution in [0.5, 0.6) is 5.88 Å². The third-order valence-electron chi connectivity index (χ3n) is 2.24. The van der Waals surface area contributed by atoms with Crippen molar-refractivity contribution >= 4 is 0 Å². The summed E-state index contributed by atoms with van der Waals surface area (Å²) in [5.41, 5.74) is 6.68. The van der Waals surface area contributed by atoms with Crippen molar-refractivity contribution in [3.8, 4) is 5.88 Å². The van der Waals surface area contributed by atoms with Gasteiger partial charge in [-0.25, -0.2) is 13.8 Å². The number of aromatic nitrogens is 1. The number of pyridine rings is 1. The molecule has 0 saturated carbocycles. The molecule has 1 aromatic heterocycles. The Morgan fingerprint density at radius 2 is 2.06 bits per heavy atom. The second-order valence-electron chi connectivity index (χ2n) is 3.71. The Bertz CT molecular complexity index is 376. The molecule has 2 N–H and O–H groups in total. The van der Waals surface area contributed by atoms with Crippen molar-refractivity contribution in [1.29, 1.82) is 0 Å². The molecule has 0 fully saturated rings. The van der Waals surface area contributed by atoms with E-state index in [-0.39, 0.29) is 12.4 Å². The van der Waals surface area contributed by atoms with Gasteiger partial charge < -0.3 is 10.5 Å². The average molecular weight is 266 g/mol. The van der Waals surface area contributed by atoms with E-state index in [1.54, 1.807) is 6.07 Å². The van der Waals surface area contributed by atoms with Gasteiger partial charge in [-0.1, -0.05) is 6.92 Å². The SMILES string of the molecule is CCc1cc(CN)cc(OCC(F)(F)C(F)F)n1. The molecule has 0 saturated heterocycles. The van der Waals surface area contributed by atoms with E-state index in [1.165, 1.54) is 6.07 Å². The van der Waals surface area contributed by atoms with Gasteiger partial charge in [-0.15, -0.1) is 0 Å². The summed E-state index contributed by atoms with van der Waals surface area (Å²) in [5, 5.41) is 0. The first-order chi connectivity index (χ1) is 8.39. The van der Waals surface area contributed by atoms with Crippen LogP contribution in [-0.2, 0) is 13.0 Å². The van der Waals surface area contributed by atoms with E-state index in [0.717, 1.165) is 0 Å². The van der Waals surface area contributed by atoms with Gasteiger partial charge in [-0.3, -0.25) is 0 Å². The van der Waals surface area contributed by atoms with Crippen LogP contribution in [0.3, 0.4) is 0 Å². The van der Waals surface area contributed by atoms with Gasteiger partial charge in [0.25, 0.3) is 0 Å². The predicted molar refractivity (Wildman–Crippen MR) is 58.0 cm³/mol. The van der Waals surface area contributed by atoms with Crippen molar-refractivity contribution in [2.45, 2.75) is 32.2 Å². The predicted octanol–water partition coefficient (Wildman–Crippen LogP) is 2.38. The Balaban J connectivity index is 2.78. The molecule has 0 amide bonds. The Morgan fingerprint density at radius 3 is 2.56 bits per heavy atom. The zero-order valence-corrected chi connectivity index (χ0v) is 9.80. The largest absolute Gasteiger partial charge is 0.471 e. The second-order valence-corrected chi connectivity index (χ2v) is 3.71. The lowest BCUT2D eigenvalue weighted by molar-refractivity contribution is -0.148. The van der Waals surface area contributed by atoms with Gasteiger partial charge in [-0.05, 0) is 18.1 Å². The zero-order chi connectivity index (χ0) is 13.8. The fraction of sp³-hybridized carbons (Fsp3) is 0.545. The second kappa shape index (κ2) is 5.99. The average Bonchev–Trinajstić information content (AvgIpc) is 2.35. The van der Waals surface area contributed by atoms with E-state index in [4.69, 9.17) is 5.73 Å². The van der Waals surface area contributed by atoms with Crippen LogP contribution in [0.15, 0.2) is 12.1 Å². The van der Waals surface area contributed by atoms with Crippen LogP contribution in [0.4, 0.5) is 17.6 Å². The highest BCUT2D eigenvalue weighted by Gasteiger charge is 2.41. The van der Waals surface area contributed by atoms with Gasteiger partial charge in [0.15, 0.2) is 6.61 Å². The maximum absolute atomic E-state index is 12.7.